The van der Waals surface area contributed by atoms with E-state index in [2.05, 4.69) is 43.1 Å². The van der Waals surface area contributed by atoms with Crippen molar-refractivity contribution in [3.63, 3.8) is 0 Å². The SMILES string of the molecule is CC(C)(C)CN1CCNCC1c1ccc(Cl)cc1. The summed E-state index contributed by atoms with van der Waals surface area (Å²) in [5.74, 6) is 0. The Labute approximate surface area is 115 Å². The second-order valence-corrected chi connectivity index (χ2v) is 6.74. The van der Waals surface area contributed by atoms with Crippen LogP contribution in [0.2, 0.25) is 5.02 Å². The summed E-state index contributed by atoms with van der Waals surface area (Å²) in [4.78, 5) is 2.58. The Morgan fingerprint density at radius 3 is 2.56 bits per heavy atom. The quantitative estimate of drug-likeness (QED) is 0.883. The van der Waals surface area contributed by atoms with Crippen LogP contribution in [0, 0.1) is 5.41 Å². The molecule has 18 heavy (non-hydrogen) atoms. The maximum absolute atomic E-state index is 5.96. The van der Waals surface area contributed by atoms with Crippen molar-refractivity contribution in [3.8, 4) is 0 Å². The van der Waals surface area contributed by atoms with Crippen LogP contribution in [0.25, 0.3) is 0 Å². The number of halogens is 1. The lowest BCUT2D eigenvalue weighted by atomic mass is 9.93. The molecule has 1 aliphatic heterocycles. The molecule has 0 saturated carbocycles. The van der Waals surface area contributed by atoms with Gasteiger partial charge in [-0.2, -0.15) is 0 Å². The Hall–Kier alpha value is -0.570. The standard InChI is InChI=1S/C15H23ClN2/c1-15(2,3)11-18-9-8-17-10-14(18)12-4-6-13(16)7-5-12/h4-7,14,17H,8-11H2,1-3H3. The topological polar surface area (TPSA) is 15.3 Å². The number of rotatable bonds is 2. The zero-order valence-electron chi connectivity index (χ0n) is 11.5. The average molecular weight is 267 g/mol. The Bertz CT molecular complexity index is 380. The number of piperazine rings is 1. The fourth-order valence-corrected chi connectivity index (χ4v) is 2.68. The zero-order chi connectivity index (χ0) is 13.2. The summed E-state index contributed by atoms with van der Waals surface area (Å²) in [6.07, 6.45) is 0. The van der Waals surface area contributed by atoms with Crippen LogP contribution < -0.4 is 5.32 Å². The monoisotopic (exact) mass is 266 g/mol. The molecule has 1 fully saturated rings. The summed E-state index contributed by atoms with van der Waals surface area (Å²) in [6.45, 7) is 11.3. The van der Waals surface area contributed by atoms with Crippen molar-refractivity contribution in [1.82, 2.24) is 10.2 Å². The first kappa shape index (κ1) is 13.9. The molecule has 1 aliphatic rings. The molecule has 2 nitrogen and oxygen atoms in total. The minimum Gasteiger partial charge on any atom is -0.314 e. The van der Waals surface area contributed by atoms with Crippen LogP contribution in [0.3, 0.4) is 0 Å². The Balaban J connectivity index is 2.14. The highest BCUT2D eigenvalue weighted by Gasteiger charge is 2.27. The molecular formula is C15H23ClN2. The van der Waals surface area contributed by atoms with Crippen LogP contribution in [0.1, 0.15) is 32.4 Å². The summed E-state index contributed by atoms with van der Waals surface area (Å²) in [6, 6.07) is 8.74. The molecule has 0 aliphatic carbocycles. The summed E-state index contributed by atoms with van der Waals surface area (Å²) < 4.78 is 0. The molecule has 3 heteroatoms. The van der Waals surface area contributed by atoms with Gasteiger partial charge in [-0.15, -0.1) is 0 Å². The molecule has 1 aromatic carbocycles. The predicted octanol–water partition coefficient (Wildman–Crippen LogP) is 3.33. The van der Waals surface area contributed by atoms with Crippen LogP contribution in [0.15, 0.2) is 24.3 Å². The largest absolute Gasteiger partial charge is 0.314 e. The molecule has 1 N–H and O–H groups in total. The third kappa shape index (κ3) is 3.71. The molecule has 100 valence electrons. The van der Waals surface area contributed by atoms with Gasteiger partial charge in [0.2, 0.25) is 0 Å². The second kappa shape index (κ2) is 5.60. The smallest absolute Gasteiger partial charge is 0.0473 e. The normalized spacial score (nSPS) is 22.1. The van der Waals surface area contributed by atoms with Gasteiger partial charge in [-0.1, -0.05) is 44.5 Å². The molecule has 0 radical (unpaired) electrons. The highest BCUT2D eigenvalue weighted by Crippen LogP contribution is 2.27. The number of hydrogen-bond acceptors (Lipinski definition) is 2. The van der Waals surface area contributed by atoms with E-state index < -0.39 is 0 Å². The zero-order valence-corrected chi connectivity index (χ0v) is 12.3. The Morgan fingerprint density at radius 2 is 1.94 bits per heavy atom. The molecule has 0 aromatic heterocycles. The summed E-state index contributed by atoms with van der Waals surface area (Å²) in [7, 11) is 0. The summed E-state index contributed by atoms with van der Waals surface area (Å²) >= 11 is 5.96. The number of nitrogens with zero attached hydrogens (tertiary/aromatic N) is 1. The Kier molecular flexibility index (Phi) is 4.31. The van der Waals surface area contributed by atoms with Crippen molar-refractivity contribution >= 4 is 11.6 Å². The number of nitrogens with one attached hydrogen (secondary N) is 1. The molecule has 1 heterocycles. The molecule has 1 atom stereocenters. The lowest BCUT2D eigenvalue weighted by molar-refractivity contribution is 0.113. The first-order valence-electron chi connectivity index (χ1n) is 6.66. The third-order valence-corrected chi connectivity index (χ3v) is 3.54. The summed E-state index contributed by atoms with van der Waals surface area (Å²) in [5, 5.41) is 4.30. The predicted molar refractivity (Wildman–Crippen MR) is 78.1 cm³/mol. The van der Waals surface area contributed by atoms with Gasteiger partial charge in [0.1, 0.15) is 0 Å². The van der Waals surface area contributed by atoms with Crippen LogP contribution >= 0.6 is 11.6 Å². The van der Waals surface area contributed by atoms with Gasteiger partial charge in [-0.05, 0) is 23.1 Å². The minimum absolute atomic E-state index is 0.335. The highest BCUT2D eigenvalue weighted by atomic mass is 35.5. The lowest BCUT2D eigenvalue weighted by Gasteiger charge is -2.40. The minimum atomic E-state index is 0.335. The number of benzene rings is 1. The molecule has 1 unspecified atom stereocenters. The average Bonchev–Trinajstić information content (AvgIpc) is 2.29. The maximum atomic E-state index is 5.96. The van der Waals surface area contributed by atoms with Gasteiger partial charge >= 0.3 is 0 Å². The first-order valence-corrected chi connectivity index (χ1v) is 7.04. The van der Waals surface area contributed by atoms with Crippen molar-refractivity contribution in [2.45, 2.75) is 26.8 Å². The van der Waals surface area contributed by atoms with Crippen molar-refractivity contribution in [1.29, 1.82) is 0 Å². The van der Waals surface area contributed by atoms with Crippen molar-refractivity contribution < 1.29 is 0 Å². The van der Waals surface area contributed by atoms with Crippen LogP contribution in [0.4, 0.5) is 0 Å². The Morgan fingerprint density at radius 1 is 1.28 bits per heavy atom. The molecule has 1 aromatic rings. The van der Waals surface area contributed by atoms with Gasteiger partial charge in [0.15, 0.2) is 0 Å². The van der Waals surface area contributed by atoms with E-state index in [0.717, 1.165) is 31.2 Å². The van der Waals surface area contributed by atoms with Crippen molar-refractivity contribution in [2.24, 2.45) is 5.41 Å². The third-order valence-electron chi connectivity index (χ3n) is 3.29. The lowest BCUT2D eigenvalue weighted by Crippen LogP contribution is -2.48. The van der Waals surface area contributed by atoms with Crippen molar-refractivity contribution in [2.75, 3.05) is 26.2 Å². The molecule has 2 rings (SSSR count). The second-order valence-electron chi connectivity index (χ2n) is 6.30. The van der Waals surface area contributed by atoms with E-state index in [1.807, 2.05) is 12.1 Å². The van der Waals surface area contributed by atoms with E-state index in [0.29, 0.717) is 11.5 Å². The maximum Gasteiger partial charge on any atom is 0.0473 e. The molecule has 0 spiro atoms. The van der Waals surface area contributed by atoms with Crippen LogP contribution in [0.5, 0.6) is 0 Å². The van der Waals surface area contributed by atoms with E-state index in [-0.39, 0.29) is 0 Å². The van der Waals surface area contributed by atoms with Gasteiger partial charge < -0.3 is 5.32 Å². The van der Waals surface area contributed by atoms with E-state index in [9.17, 15) is 0 Å². The van der Waals surface area contributed by atoms with Gasteiger partial charge in [0.05, 0.1) is 0 Å². The van der Waals surface area contributed by atoms with Crippen molar-refractivity contribution in [3.05, 3.63) is 34.9 Å². The highest BCUT2D eigenvalue weighted by molar-refractivity contribution is 6.30. The molecule has 0 bridgehead atoms. The molecular weight excluding hydrogens is 244 g/mol. The molecule has 0 amide bonds. The van der Waals surface area contributed by atoms with E-state index in [1.54, 1.807) is 0 Å². The van der Waals surface area contributed by atoms with Gasteiger partial charge in [-0.3, -0.25) is 4.90 Å². The van der Waals surface area contributed by atoms with Gasteiger partial charge in [0.25, 0.3) is 0 Å². The van der Waals surface area contributed by atoms with Gasteiger partial charge in [0, 0.05) is 37.2 Å². The first-order chi connectivity index (χ1) is 8.46. The number of hydrogen-bond donors (Lipinski definition) is 1. The van der Waals surface area contributed by atoms with Crippen LogP contribution in [-0.2, 0) is 0 Å². The van der Waals surface area contributed by atoms with E-state index in [1.165, 1.54) is 5.56 Å². The summed E-state index contributed by atoms with van der Waals surface area (Å²) in [5.41, 5.74) is 1.69. The fourth-order valence-electron chi connectivity index (χ4n) is 2.56. The fraction of sp³-hybridized carbons (Fsp3) is 0.600. The van der Waals surface area contributed by atoms with Crippen LogP contribution in [-0.4, -0.2) is 31.1 Å². The van der Waals surface area contributed by atoms with E-state index >= 15 is 0 Å². The van der Waals surface area contributed by atoms with Gasteiger partial charge in [-0.25, -0.2) is 0 Å². The molecule has 1 saturated heterocycles. The van der Waals surface area contributed by atoms with E-state index in [4.69, 9.17) is 11.6 Å².